The van der Waals surface area contributed by atoms with Gasteiger partial charge >= 0.3 is 0 Å². The van der Waals surface area contributed by atoms with Crippen LogP contribution in [0.15, 0.2) is 18.2 Å². The first-order valence-electron chi connectivity index (χ1n) is 8.56. The van der Waals surface area contributed by atoms with Crippen LogP contribution in [-0.4, -0.2) is 20.7 Å². The quantitative estimate of drug-likeness (QED) is 0.897. The SMILES string of the molecule is CC(C)CC(=O)Nc1ccc(Cl)c(-c2nnc3n2CCCCC3)c1. The molecule has 0 unspecified atom stereocenters. The van der Waals surface area contributed by atoms with Gasteiger partial charge in [0.25, 0.3) is 0 Å². The molecule has 1 aliphatic rings. The zero-order valence-electron chi connectivity index (χ0n) is 14.2. The minimum atomic E-state index is 0.0124. The van der Waals surface area contributed by atoms with Gasteiger partial charge in [-0.1, -0.05) is 31.9 Å². The van der Waals surface area contributed by atoms with E-state index in [4.69, 9.17) is 11.6 Å². The van der Waals surface area contributed by atoms with Crippen molar-refractivity contribution in [2.75, 3.05) is 5.32 Å². The number of nitrogens with zero attached hydrogens (tertiary/aromatic N) is 3. The first kappa shape index (κ1) is 17.0. The number of anilines is 1. The van der Waals surface area contributed by atoms with Crippen molar-refractivity contribution in [3.8, 4) is 11.4 Å². The number of amides is 1. The van der Waals surface area contributed by atoms with Crippen LogP contribution in [0.2, 0.25) is 5.02 Å². The zero-order valence-corrected chi connectivity index (χ0v) is 14.9. The lowest BCUT2D eigenvalue weighted by molar-refractivity contribution is -0.116. The number of aryl methyl sites for hydroxylation is 1. The van der Waals surface area contributed by atoms with Gasteiger partial charge in [0.15, 0.2) is 5.82 Å². The molecule has 2 aromatic rings. The summed E-state index contributed by atoms with van der Waals surface area (Å²) in [5.41, 5.74) is 1.56. The molecule has 0 saturated heterocycles. The Bertz CT molecular complexity index is 739. The van der Waals surface area contributed by atoms with Gasteiger partial charge in [-0.05, 0) is 37.0 Å². The maximum Gasteiger partial charge on any atom is 0.224 e. The fraction of sp³-hybridized carbons (Fsp3) is 0.500. The van der Waals surface area contributed by atoms with Crippen LogP contribution in [0.3, 0.4) is 0 Å². The van der Waals surface area contributed by atoms with Crippen molar-refractivity contribution in [1.29, 1.82) is 0 Å². The summed E-state index contributed by atoms with van der Waals surface area (Å²) in [6.45, 7) is 4.97. The zero-order chi connectivity index (χ0) is 17.1. The van der Waals surface area contributed by atoms with E-state index in [0.29, 0.717) is 17.4 Å². The molecule has 0 aliphatic carbocycles. The highest BCUT2D eigenvalue weighted by Crippen LogP contribution is 2.31. The van der Waals surface area contributed by atoms with E-state index in [-0.39, 0.29) is 5.91 Å². The minimum absolute atomic E-state index is 0.0124. The molecule has 5 nitrogen and oxygen atoms in total. The molecule has 0 saturated carbocycles. The lowest BCUT2D eigenvalue weighted by Crippen LogP contribution is -2.14. The van der Waals surface area contributed by atoms with Gasteiger partial charge in [-0.25, -0.2) is 0 Å². The topological polar surface area (TPSA) is 59.8 Å². The molecular formula is C18H23ClN4O. The first-order chi connectivity index (χ1) is 11.5. The van der Waals surface area contributed by atoms with E-state index in [2.05, 4.69) is 20.1 Å². The maximum atomic E-state index is 12.0. The third-order valence-electron chi connectivity index (χ3n) is 4.19. The van der Waals surface area contributed by atoms with Crippen LogP contribution in [0.25, 0.3) is 11.4 Å². The molecule has 2 heterocycles. The number of hydrogen-bond acceptors (Lipinski definition) is 3. The van der Waals surface area contributed by atoms with Crippen LogP contribution in [0.5, 0.6) is 0 Å². The highest BCUT2D eigenvalue weighted by atomic mass is 35.5. The van der Waals surface area contributed by atoms with Crippen molar-refractivity contribution in [2.24, 2.45) is 5.92 Å². The van der Waals surface area contributed by atoms with Crippen molar-refractivity contribution in [2.45, 2.75) is 52.5 Å². The molecular weight excluding hydrogens is 324 g/mol. The number of carbonyl (C=O) groups is 1. The van der Waals surface area contributed by atoms with Gasteiger partial charge in [0.1, 0.15) is 5.82 Å². The first-order valence-corrected chi connectivity index (χ1v) is 8.94. The van der Waals surface area contributed by atoms with Crippen LogP contribution in [-0.2, 0) is 17.8 Å². The molecule has 1 N–H and O–H groups in total. The lowest BCUT2D eigenvalue weighted by atomic mass is 10.1. The molecule has 1 aliphatic heterocycles. The summed E-state index contributed by atoms with van der Waals surface area (Å²) in [5, 5.41) is 12.2. The van der Waals surface area contributed by atoms with E-state index >= 15 is 0 Å². The average molecular weight is 347 g/mol. The van der Waals surface area contributed by atoms with E-state index in [1.165, 1.54) is 6.42 Å². The molecule has 1 aromatic carbocycles. The Kier molecular flexibility index (Phi) is 5.19. The molecule has 0 atom stereocenters. The number of fused-ring (bicyclic) bond motifs is 1. The van der Waals surface area contributed by atoms with Gasteiger partial charge in [0.05, 0.1) is 5.02 Å². The number of halogens is 1. The van der Waals surface area contributed by atoms with Gasteiger partial charge in [0.2, 0.25) is 5.91 Å². The molecule has 6 heteroatoms. The summed E-state index contributed by atoms with van der Waals surface area (Å²) in [6, 6.07) is 5.52. The summed E-state index contributed by atoms with van der Waals surface area (Å²) in [6.07, 6.45) is 4.94. The molecule has 0 radical (unpaired) electrons. The minimum Gasteiger partial charge on any atom is -0.326 e. The Hall–Kier alpha value is -1.88. The predicted molar refractivity (Wildman–Crippen MR) is 96.1 cm³/mol. The van der Waals surface area contributed by atoms with E-state index in [0.717, 1.165) is 48.7 Å². The summed E-state index contributed by atoms with van der Waals surface area (Å²) in [7, 11) is 0. The normalized spacial score (nSPS) is 14.3. The van der Waals surface area contributed by atoms with Gasteiger partial charge in [-0.2, -0.15) is 0 Å². The van der Waals surface area contributed by atoms with Gasteiger partial charge in [0, 0.05) is 30.6 Å². The largest absolute Gasteiger partial charge is 0.326 e. The van der Waals surface area contributed by atoms with Crippen molar-refractivity contribution >= 4 is 23.2 Å². The third-order valence-corrected chi connectivity index (χ3v) is 4.52. The summed E-state index contributed by atoms with van der Waals surface area (Å²) in [5.74, 6) is 2.15. The van der Waals surface area contributed by atoms with Crippen LogP contribution in [0, 0.1) is 5.92 Å². The van der Waals surface area contributed by atoms with Crippen LogP contribution >= 0.6 is 11.6 Å². The number of aromatic nitrogens is 3. The summed E-state index contributed by atoms with van der Waals surface area (Å²) < 4.78 is 2.16. The average Bonchev–Trinajstić information content (AvgIpc) is 2.76. The third kappa shape index (κ3) is 3.78. The summed E-state index contributed by atoms with van der Waals surface area (Å²) in [4.78, 5) is 12.0. The Balaban J connectivity index is 1.90. The number of hydrogen-bond donors (Lipinski definition) is 1. The molecule has 24 heavy (non-hydrogen) atoms. The number of rotatable bonds is 4. The fourth-order valence-electron chi connectivity index (χ4n) is 3.04. The Morgan fingerprint density at radius 3 is 2.92 bits per heavy atom. The lowest BCUT2D eigenvalue weighted by Gasteiger charge is -2.11. The molecule has 0 fully saturated rings. The monoisotopic (exact) mass is 346 g/mol. The van der Waals surface area contributed by atoms with Crippen LogP contribution in [0.4, 0.5) is 5.69 Å². The highest BCUT2D eigenvalue weighted by Gasteiger charge is 2.18. The Morgan fingerprint density at radius 1 is 1.29 bits per heavy atom. The molecule has 0 bridgehead atoms. The predicted octanol–water partition coefficient (Wildman–Crippen LogP) is 4.31. The molecule has 1 aromatic heterocycles. The van der Waals surface area contributed by atoms with Crippen LogP contribution in [0.1, 0.15) is 45.4 Å². The number of carbonyl (C=O) groups excluding carboxylic acids is 1. The van der Waals surface area contributed by atoms with Gasteiger partial charge in [-0.3, -0.25) is 4.79 Å². The van der Waals surface area contributed by atoms with E-state index in [1.54, 1.807) is 6.07 Å². The van der Waals surface area contributed by atoms with Crippen LogP contribution < -0.4 is 5.32 Å². The van der Waals surface area contributed by atoms with Crippen molar-refractivity contribution in [3.05, 3.63) is 29.0 Å². The molecule has 128 valence electrons. The van der Waals surface area contributed by atoms with E-state index in [1.807, 2.05) is 26.0 Å². The van der Waals surface area contributed by atoms with Gasteiger partial charge in [-0.15, -0.1) is 10.2 Å². The second kappa shape index (κ2) is 7.34. The fourth-order valence-corrected chi connectivity index (χ4v) is 3.24. The molecule has 3 rings (SSSR count). The summed E-state index contributed by atoms with van der Waals surface area (Å²) >= 11 is 6.40. The van der Waals surface area contributed by atoms with E-state index in [9.17, 15) is 4.79 Å². The Morgan fingerprint density at radius 2 is 2.12 bits per heavy atom. The Labute approximate surface area is 147 Å². The smallest absolute Gasteiger partial charge is 0.224 e. The standard InChI is InChI=1S/C18H23ClN4O/c1-12(2)10-17(24)20-13-7-8-15(19)14(11-13)18-22-21-16-6-4-3-5-9-23(16)18/h7-8,11-12H,3-6,9-10H2,1-2H3,(H,20,24). The number of benzene rings is 1. The maximum absolute atomic E-state index is 12.0. The number of nitrogens with one attached hydrogen (secondary N) is 1. The van der Waals surface area contributed by atoms with Crippen molar-refractivity contribution in [1.82, 2.24) is 14.8 Å². The highest BCUT2D eigenvalue weighted by molar-refractivity contribution is 6.33. The van der Waals surface area contributed by atoms with E-state index < -0.39 is 0 Å². The van der Waals surface area contributed by atoms with Gasteiger partial charge < -0.3 is 9.88 Å². The van der Waals surface area contributed by atoms with Crippen molar-refractivity contribution < 1.29 is 4.79 Å². The second-order valence-corrected chi connectivity index (χ2v) is 7.15. The van der Waals surface area contributed by atoms with Crippen molar-refractivity contribution in [3.63, 3.8) is 0 Å². The second-order valence-electron chi connectivity index (χ2n) is 6.74. The molecule has 1 amide bonds. The molecule has 0 spiro atoms.